The summed E-state index contributed by atoms with van der Waals surface area (Å²) in [5.41, 5.74) is 2.21. The van der Waals surface area contributed by atoms with Gasteiger partial charge in [-0.1, -0.05) is 48.5 Å². The van der Waals surface area contributed by atoms with Gasteiger partial charge in [0.2, 0.25) is 0 Å². The van der Waals surface area contributed by atoms with Gasteiger partial charge >= 0.3 is 6.03 Å². The first-order valence-corrected chi connectivity index (χ1v) is 8.63. The number of hydrogen-bond donors (Lipinski definition) is 2. The Kier molecular flexibility index (Phi) is 5.16. The first-order valence-electron chi connectivity index (χ1n) is 8.63. The lowest BCUT2D eigenvalue weighted by Crippen LogP contribution is -2.54. The summed E-state index contributed by atoms with van der Waals surface area (Å²) in [7, 11) is 2.31. The number of carbonyl (C=O) groups excluding carboxylic acids is 1. The van der Waals surface area contributed by atoms with Crippen LogP contribution in [-0.4, -0.2) is 36.7 Å². The molecule has 1 fully saturated rings. The summed E-state index contributed by atoms with van der Waals surface area (Å²) in [6, 6.07) is 20.4. The van der Waals surface area contributed by atoms with Crippen LogP contribution in [0.1, 0.15) is 18.4 Å². The number of hydrogen-bond acceptors (Lipinski definition) is 1. The third kappa shape index (κ3) is 4.59. The number of anilines is 1. The zero-order valence-electron chi connectivity index (χ0n) is 14.2. The van der Waals surface area contributed by atoms with Gasteiger partial charge in [0.25, 0.3) is 0 Å². The number of benzene rings is 2. The first kappa shape index (κ1) is 16.5. The number of urea groups is 1. The Morgan fingerprint density at radius 3 is 2.21 bits per heavy atom. The van der Waals surface area contributed by atoms with E-state index in [0.29, 0.717) is 0 Å². The third-order valence-corrected chi connectivity index (χ3v) is 4.81. The molecule has 3 rings (SSSR count). The van der Waals surface area contributed by atoms with Gasteiger partial charge in [-0.2, -0.15) is 0 Å². The van der Waals surface area contributed by atoms with E-state index < -0.39 is 0 Å². The molecule has 4 heteroatoms. The van der Waals surface area contributed by atoms with E-state index in [4.69, 9.17) is 0 Å². The molecule has 2 N–H and O–H groups in total. The maximum atomic E-state index is 12.1. The van der Waals surface area contributed by atoms with Crippen molar-refractivity contribution >= 4 is 11.7 Å². The molecule has 2 aromatic rings. The molecule has 0 bridgehead atoms. The highest BCUT2D eigenvalue weighted by atomic mass is 16.2. The van der Waals surface area contributed by atoms with Crippen molar-refractivity contribution in [3.05, 3.63) is 66.2 Å². The van der Waals surface area contributed by atoms with E-state index in [0.717, 1.165) is 42.6 Å². The molecule has 2 aromatic carbocycles. The van der Waals surface area contributed by atoms with Gasteiger partial charge in [-0.15, -0.1) is 0 Å². The number of rotatable bonds is 4. The van der Waals surface area contributed by atoms with Gasteiger partial charge in [0, 0.05) is 30.1 Å². The van der Waals surface area contributed by atoms with E-state index in [9.17, 15) is 4.79 Å². The van der Waals surface area contributed by atoms with Crippen molar-refractivity contribution in [2.45, 2.75) is 25.4 Å². The maximum absolute atomic E-state index is 12.1. The molecule has 1 aliphatic heterocycles. The molecule has 4 nitrogen and oxygen atoms in total. The molecule has 0 aliphatic carbocycles. The normalized spacial score (nSPS) is 23.5. The molecule has 0 unspecified atom stereocenters. The number of nitrogens with zero attached hydrogens (tertiary/aromatic N) is 1. The molecular weight excluding hydrogens is 298 g/mol. The molecule has 0 atom stereocenters. The number of para-hydroxylation sites is 1. The fraction of sp³-hybridized carbons (Fsp3) is 0.350. The SMILES string of the molecule is C[N+]1(Cc2ccccc2)CCC(NC(=O)Nc2ccccc2)CC1. The molecule has 1 heterocycles. The highest BCUT2D eigenvalue weighted by Crippen LogP contribution is 2.21. The maximum Gasteiger partial charge on any atom is 0.319 e. The number of nitrogens with one attached hydrogen (secondary N) is 2. The highest BCUT2D eigenvalue weighted by Gasteiger charge is 2.30. The molecule has 0 aromatic heterocycles. The summed E-state index contributed by atoms with van der Waals surface area (Å²) in [6.07, 6.45) is 2.04. The van der Waals surface area contributed by atoms with E-state index in [1.165, 1.54) is 5.56 Å². The molecular formula is C20H26N3O+. The van der Waals surface area contributed by atoms with Crippen LogP contribution < -0.4 is 10.6 Å². The van der Waals surface area contributed by atoms with Gasteiger partial charge in [0.05, 0.1) is 20.1 Å². The summed E-state index contributed by atoms with van der Waals surface area (Å²) in [6.45, 7) is 3.24. The van der Waals surface area contributed by atoms with Crippen LogP contribution in [0.25, 0.3) is 0 Å². The minimum atomic E-state index is -0.106. The average molecular weight is 324 g/mol. The lowest BCUT2D eigenvalue weighted by atomic mass is 10.0. The van der Waals surface area contributed by atoms with Gasteiger partial charge < -0.3 is 15.1 Å². The second-order valence-corrected chi connectivity index (χ2v) is 6.95. The van der Waals surface area contributed by atoms with Gasteiger partial charge in [-0.05, 0) is 12.1 Å². The highest BCUT2D eigenvalue weighted by molar-refractivity contribution is 5.89. The monoisotopic (exact) mass is 324 g/mol. The van der Waals surface area contributed by atoms with E-state index in [-0.39, 0.29) is 12.1 Å². The van der Waals surface area contributed by atoms with Crippen LogP contribution in [0.2, 0.25) is 0 Å². The van der Waals surface area contributed by atoms with Crippen molar-refractivity contribution in [2.75, 3.05) is 25.5 Å². The zero-order valence-corrected chi connectivity index (χ0v) is 14.2. The minimum Gasteiger partial charge on any atom is -0.335 e. The quantitative estimate of drug-likeness (QED) is 0.829. The predicted octanol–water partition coefficient (Wildman–Crippen LogP) is 3.62. The van der Waals surface area contributed by atoms with Crippen LogP contribution in [0, 0.1) is 0 Å². The van der Waals surface area contributed by atoms with Crippen molar-refractivity contribution < 1.29 is 9.28 Å². The van der Waals surface area contributed by atoms with Crippen molar-refractivity contribution in [1.29, 1.82) is 0 Å². The summed E-state index contributed by atoms with van der Waals surface area (Å²) < 4.78 is 1.04. The fourth-order valence-electron chi connectivity index (χ4n) is 3.39. The van der Waals surface area contributed by atoms with Crippen LogP contribution >= 0.6 is 0 Å². The Morgan fingerprint density at radius 2 is 1.58 bits per heavy atom. The molecule has 0 radical (unpaired) electrons. The van der Waals surface area contributed by atoms with Crippen LogP contribution in [0.15, 0.2) is 60.7 Å². The van der Waals surface area contributed by atoms with Crippen molar-refractivity contribution in [3.8, 4) is 0 Å². The lowest BCUT2D eigenvalue weighted by Gasteiger charge is -2.40. The molecule has 0 saturated carbocycles. The predicted molar refractivity (Wildman–Crippen MR) is 97.7 cm³/mol. The second kappa shape index (κ2) is 7.49. The molecule has 1 aliphatic rings. The van der Waals surface area contributed by atoms with Crippen molar-refractivity contribution in [2.24, 2.45) is 0 Å². The van der Waals surface area contributed by atoms with E-state index in [2.05, 4.69) is 48.0 Å². The van der Waals surface area contributed by atoms with E-state index in [1.54, 1.807) is 0 Å². The largest absolute Gasteiger partial charge is 0.335 e. The molecule has 2 amide bonds. The standard InChI is InChI=1S/C20H25N3O/c1-23(16-17-8-4-2-5-9-17)14-12-19(13-15-23)22-20(24)21-18-10-6-3-7-11-18/h2-11,19H,12-16H2,1H3,(H-,21,22,24)/p+1. The van der Waals surface area contributed by atoms with Gasteiger partial charge in [0.15, 0.2) is 0 Å². The fourth-order valence-corrected chi connectivity index (χ4v) is 3.39. The molecule has 0 spiro atoms. The Morgan fingerprint density at radius 1 is 1.00 bits per heavy atom. The van der Waals surface area contributed by atoms with Crippen molar-refractivity contribution in [1.82, 2.24) is 5.32 Å². The number of likely N-dealkylation sites (tertiary alicyclic amines) is 1. The summed E-state index contributed by atoms with van der Waals surface area (Å²) in [5, 5.41) is 6.00. The topological polar surface area (TPSA) is 41.1 Å². The van der Waals surface area contributed by atoms with Crippen LogP contribution in [-0.2, 0) is 6.54 Å². The zero-order chi connectivity index (χ0) is 16.8. The number of carbonyl (C=O) groups is 1. The summed E-state index contributed by atoms with van der Waals surface area (Å²) >= 11 is 0. The Labute approximate surface area is 144 Å². The average Bonchev–Trinajstić information content (AvgIpc) is 2.59. The molecule has 24 heavy (non-hydrogen) atoms. The van der Waals surface area contributed by atoms with Gasteiger partial charge in [-0.3, -0.25) is 0 Å². The summed E-state index contributed by atoms with van der Waals surface area (Å²) in [5.74, 6) is 0. The second-order valence-electron chi connectivity index (χ2n) is 6.95. The van der Waals surface area contributed by atoms with Gasteiger partial charge in [0.1, 0.15) is 6.54 Å². The smallest absolute Gasteiger partial charge is 0.319 e. The van der Waals surface area contributed by atoms with Gasteiger partial charge in [-0.25, -0.2) is 4.79 Å². The Balaban J connectivity index is 1.47. The lowest BCUT2D eigenvalue weighted by molar-refractivity contribution is -0.927. The number of amides is 2. The first-order chi connectivity index (χ1) is 11.6. The van der Waals surface area contributed by atoms with Crippen molar-refractivity contribution in [3.63, 3.8) is 0 Å². The minimum absolute atomic E-state index is 0.106. The summed E-state index contributed by atoms with van der Waals surface area (Å²) in [4.78, 5) is 12.1. The van der Waals surface area contributed by atoms with E-state index in [1.807, 2.05) is 30.3 Å². The van der Waals surface area contributed by atoms with E-state index >= 15 is 0 Å². The Bertz CT molecular complexity index is 649. The third-order valence-electron chi connectivity index (χ3n) is 4.81. The number of piperidine rings is 1. The molecule has 126 valence electrons. The molecule has 1 saturated heterocycles. The number of quaternary nitrogens is 1. The van der Waals surface area contributed by atoms with Crippen LogP contribution in [0.3, 0.4) is 0 Å². The van der Waals surface area contributed by atoms with Crippen LogP contribution in [0.4, 0.5) is 10.5 Å². The Hall–Kier alpha value is -2.33. The van der Waals surface area contributed by atoms with Crippen LogP contribution in [0.5, 0.6) is 0 Å².